The molecule has 164 valence electrons. The number of aromatic nitrogens is 1. The molecule has 3 aromatic carbocycles. The van der Waals surface area contributed by atoms with Crippen LogP contribution in [0, 0.1) is 0 Å². The van der Waals surface area contributed by atoms with Crippen LogP contribution in [0.5, 0.6) is 0 Å². The molecule has 2 N–H and O–H groups in total. The predicted octanol–water partition coefficient (Wildman–Crippen LogP) is 5.52. The van der Waals surface area contributed by atoms with Crippen molar-refractivity contribution in [2.24, 2.45) is 0 Å². The van der Waals surface area contributed by atoms with E-state index in [9.17, 15) is 14.7 Å². The summed E-state index contributed by atoms with van der Waals surface area (Å²) in [6.45, 7) is 0.661. The van der Waals surface area contributed by atoms with E-state index in [1.807, 2.05) is 83.4 Å². The van der Waals surface area contributed by atoms with Gasteiger partial charge in [0.1, 0.15) is 12.6 Å². The van der Waals surface area contributed by atoms with Gasteiger partial charge in [0.2, 0.25) is 0 Å². The number of carbonyl (C=O) groups is 2. The van der Waals surface area contributed by atoms with E-state index in [4.69, 9.17) is 4.74 Å². The van der Waals surface area contributed by atoms with Crippen LogP contribution >= 0.6 is 0 Å². The van der Waals surface area contributed by atoms with Gasteiger partial charge < -0.3 is 19.7 Å². The number of hydrogen-bond donors (Lipinski definition) is 2. The van der Waals surface area contributed by atoms with E-state index >= 15 is 0 Å². The minimum absolute atomic E-state index is 0.224. The minimum Gasteiger partial charge on any atom is -0.480 e. The van der Waals surface area contributed by atoms with E-state index in [0.717, 1.165) is 27.4 Å². The topological polar surface area (TPSA) is 80.6 Å². The van der Waals surface area contributed by atoms with Gasteiger partial charge in [-0.25, -0.2) is 9.59 Å². The summed E-state index contributed by atoms with van der Waals surface area (Å²) in [4.78, 5) is 24.0. The van der Waals surface area contributed by atoms with Crippen molar-refractivity contribution in [1.29, 1.82) is 0 Å². The Hall–Kier alpha value is -3.80. The maximum atomic E-state index is 12.2. The molecule has 1 aromatic heterocycles. The van der Waals surface area contributed by atoms with E-state index in [-0.39, 0.29) is 6.61 Å². The second-order valence-corrected chi connectivity index (χ2v) is 7.74. The highest BCUT2D eigenvalue weighted by Crippen LogP contribution is 2.33. The third kappa shape index (κ3) is 4.75. The summed E-state index contributed by atoms with van der Waals surface area (Å²) in [6, 6.07) is 24.6. The van der Waals surface area contributed by atoms with Gasteiger partial charge in [0.25, 0.3) is 0 Å². The fourth-order valence-corrected chi connectivity index (χ4v) is 4.08. The normalized spacial score (nSPS) is 12.0. The highest BCUT2D eigenvalue weighted by atomic mass is 16.5. The van der Waals surface area contributed by atoms with Gasteiger partial charge in [0.15, 0.2) is 0 Å². The molecule has 0 bridgehead atoms. The van der Waals surface area contributed by atoms with Gasteiger partial charge in [0.05, 0.1) is 0 Å². The third-order valence-electron chi connectivity index (χ3n) is 5.60. The van der Waals surface area contributed by atoms with E-state index in [1.54, 1.807) is 0 Å². The lowest BCUT2D eigenvalue weighted by Crippen LogP contribution is -2.25. The molecule has 0 radical (unpaired) electrons. The van der Waals surface area contributed by atoms with Crippen LogP contribution in [0.2, 0.25) is 0 Å². The fraction of sp³-hybridized carbons (Fsp3) is 0.231. The Kier molecular flexibility index (Phi) is 6.70. The SMILES string of the molecule is O=C(NCCCCC(C(=O)O)n1c2ccccc2c2ccccc21)OCc1ccccc1. The van der Waals surface area contributed by atoms with Crippen molar-refractivity contribution in [2.45, 2.75) is 31.9 Å². The summed E-state index contributed by atoms with van der Waals surface area (Å²) in [5.41, 5.74) is 2.77. The lowest BCUT2D eigenvalue weighted by atomic mass is 10.1. The monoisotopic (exact) mass is 430 g/mol. The molecule has 0 aliphatic heterocycles. The molecule has 0 aliphatic carbocycles. The van der Waals surface area contributed by atoms with Crippen molar-refractivity contribution < 1.29 is 19.4 Å². The van der Waals surface area contributed by atoms with Crippen LogP contribution in [-0.2, 0) is 16.1 Å². The molecular weight excluding hydrogens is 404 g/mol. The number of hydrogen-bond acceptors (Lipinski definition) is 3. The van der Waals surface area contributed by atoms with Gasteiger partial charge in [-0.2, -0.15) is 0 Å². The largest absolute Gasteiger partial charge is 0.480 e. The molecule has 32 heavy (non-hydrogen) atoms. The number of carboxylic acid groups (broad SMARTS) is 1. The van der Waals surface area contributed by atoms with Crippen molar-refractivity contribution in [3.8, 4) is 0 Å². The number of unbranched alkanes of at least 4 members (excludes halogenated alkanes) is 1. The number of nitrogens with zero attached hydrogens (tertiary/aromatic N) is 1. The molecule has 4 aromatic rings. The first-order chi connectivity index (χ1) is 15.6. The summed E-state index contributed by atoms with van der Waals surface area (Å²) in [5, 5.41) is 14.8. The van der Waals surface area contributed by atoms with Crippen molar-refractivity contribution in [2.75, 3.05) is 6.54 Å². The van der Waals surface area contributed by atoms with Crippen molar-refractivity contribution in [3.63, 3.8) is 0 Å². The maximum Gasteiger partial charge on any atom is 0.407 e. The molecule has 1 atom stereocenters. The Morgan fingerprint density at radius 2 is 1.44 bits per heavy atom. The van der Waals surface area contributed by atoms with Crippen LogP contribution < -0.4 is 5.32 Å². The lowest BCUT2D eigenvalue weighted by molar-refractivity contribution is -0.140. The lowest BCUT2D eigenvalue weighted by Gasteiger charge is -2.17. The third-order valence-corrected chi connectivity index (χ3v) is 5.60. The van der Waals surface area contributed by atoms with E-state index in [0.29, 0.717) is 25.8 Å². The number of carbonyl (C=O) groups excluding carboxylic acids is 1. The van der Waals surface area contributed by atoms with Gasteiger partial charge in [-0.3, -0.25) is 0 Å². The van der Waals surface area contributed by atoms with Gasteiger partial charge in [-0.1, -0.05) is 66.7 Å². The smallest absolute Gasteiger partial charge is 0.407 e. The molecule has 6 heteroatoms. The number of amides is 1. The van der Waals surface area contributed by atoms with Crippen LogP contribution in [-0.4, -0.2) is 28.3 Å². The number of ether oxygens (including phenoxy) is 1. The summed E-state index contributed by atoms with van der Waals surface area (Å²) < 4.78 is 7.13. The molecule has 0 saturated carbocycles. The Bertz CT molecular complexity index is 1160. The van der Waals surface area contributed by atoms with Gasteiger partial charge >= 0.3 is 12.1 Å². The number of para-hydroxylation sites is 2. The highest BCUT2D eigenvalue weighted by molar-refractivity contribution is 6.08. The first-order valence-electron chi connectivity index (χ1n) is 10.8. The van der Waals surface area contributed by atoms with Crippen LogP contribution in [0.4, 0.5) is 4.79 Å². The van der Waals surface area contributed by atoms with Gasteiger partial charge in [-0.05, 0) is 37.0 Å². The zero-order chi connectivity index (χ0) is 22.3. The van der Waals surface area contributed by atoms with Crippen LogP contribution in [0.15, 0.2) is 78.9 Å². The van der Waals surface area contributed by atoms with Crippen LogP contribution in [0.25, 0.3) is 21.8 Å². The molecule has 1 unspecified atom stereocenters. The minimum atomic E-state index is -0.855. The summed E-state index contributed by atoms with van der Waals surface area (Å²) >= 11 is 0. The number of fused-ring (bicyclic) bond motifs is 3. The zero-order valence-corrected chi connectivity index (χ0v) is 17.7. The number of rotatable bonds is 9. The Morgan fingerprint density at radius 3 is 2.06 bits per heavy atom. The summed E-state index contributed by atoms with van der Waals surface area (Å²) in [7, 11) is 0. The second-order valence-electron chi connectivity index (χ2n) is 7.74. The molecule has 1 heterocycles. The number of carboxylic acids is 1. The van der Waals surface area contributed by atoms with Crippen LogP contribution in [0.3, 0.4) is 0 Å². The first-order valence-corrected chi connectivity index (χ1v) is 10.8. The molecule has 6 nitrogen and oxygen atoms in total. The Balaban J connectivity index is 1.35. The average Bonchev–Trinajstić information content (AvgIpc) is 3.15. The second kappa shape index (κ2) is 10.0. The van der Waals surface area contributed by atoms with Crippen molar-refractivity contribution in [1.82, 2.24) is 9.88 Å². The summed E-state index contributed by atoms with van der Waals surface area (Å²) in [5.74, 6) is -0.855. The Morgan fingerprint density at radius 1 is 0.844 bits per heavy atom. The molecular formula is C26H26N2O4. The molecule has 0 spiro atoms. The number of nitrogens with one attached hydrogen (secondary N) is 1. The van der Waals surface area contributed by atoms with Gasteiger partial charge in [0, 0.05) is 28.4 Å². The molecule has 0 aliphatic rings. The number of alkyl carbamates (subject to hydrolysis) is 1. The standard InChI is InChI=1S/C26H26N2O4/c29-25(30)24(16-8-9-17-27-26(31)32-18-19-10-2-1-3-11-19)28-22-14-6-4-12-20(22)21-13-5-7-15-23(21)28/h1-7,10-15,24H,8-9,16-18H2,(H,27,31)(H,29,30). The van der Waals surface area contributed by atoms with Gasteiger partial charge in [-0.15, -0.1) is 0 Å². The predicted molar refractivity (Wildman–Crippen MR) is 125 cm³/mol. The van der Waals surface area contributed by atoms with Crippen molar-refractivity contribution >= 4 is 33.9 Å². The average molecular weight is 431 g/mol. The molecule has 4 rings (SSSR count). The van der Waals surface area contributed by atoms with E-state index in [1.165, 1.54) is 0 Å². The highest BCUT2D eigenvalue weighted by Gasteiger charge is 2.23. The summed E-state index contributed by atoms with van der Waals surface area (Å²) in [6.07, 6.45) is 1.34. The molecule has 0 saturated heterocycles. The first kappa shape index (κ1) is 21.4. The number of benzene rings is 3. The van der Waals surface area contributed by atoms with Crippen molar-refractivity contribution in [3.05, 3.63) is 84.4 Å². The molecule has 0 fully saturated rings. The quantitative estimate of drug-likeness (QED) is 0.343. The Labute approximate surface area is 186 Å². The van der Waals surface area contributed by atoms with E-state index < -0.39 is 18.1 Å². The maximum absolute atomic E-state index is 12.2. The molecule has 1 amide bonds. The fourth-order valence-electron chi connectivity index (χ4n) is 4.08. The van der Waals surface area contributed by atoms with Crippen LogP contribution in [0.1, 0.15) is 30.9 Å². The van der Waals surface area contributed by atoms with E-state index in [2.05, 4.69) is 5.32 Å². The zero-order valence-electron chi connectivity index (χ0n) is 17.7. The number of aliphatic carboxylic acids is 1.